The van der Waals surface area contributed by atoms with E-state index in [4.69, 9.17) is 17.3 Å². The van der Waals surface area contributed by atoms with E-state index in [1.165, 1.54) is 11.3 Å². The number of anilines is 1. The summed E-state index contributed by atoms with van der Waals surface area (Å²) in [6.45, 7) is 0. The number of nitrogens with two attached hydrogens (primary N) is 1. The van der Waals surface area contributed by atoms with Gasteiger partial charge in [-0.25, -0.2) is 0 Å². The van der Waals surface area contributed by atoms with E-state index in [2.05, 4.69) is 15.9 Å². The first-order valence-electron chi connectivity index (χ1n) is 4.74. The molecule has 2 rings (SSSR count). The molecule has 1 atom stereocenters. The van der Waals surface area contributed by atoms with Crippen LogP contribution in [-0.4, -0.2) is 4.21 Å². The second-order valence-corrected chi connectivity index (χ2v) is 7.51. The standard InChI is InChI=1S/C11H9BrClNOS2/c12-7-1-3-10(9(14)5-7)17(15)6-8-2-4-11(13)16-8/h1-5H,6,14H2. The SMILES string of the molecule is Nc1cc(Br)ccc1S(=O)Cc1ccc(Cl)s1. The Morgan fingerprint density at radius 3 is 2.71 bits per heavy atom. The van der Waals surface area contributed by atoms with Gasteiger partial charge in [0.2, 0.25) is 0 Å². The maximum Gasteiger partial charge on any atom is 0.0931 e. The van der Waals surface area contributed by atoms with Crippen molar-refractivity contribution in [3.05, 3.63) is 44.0 Å². The number of hydrogen-bond donors (Lipinski definition) is 1. The van der Waals surface area contributed by atoms with Gasteiger partial charge in [-0.15, -0.1) is 11.3 Å². The van der Waals surface area contributed by atoms with Crippen molar-refractivity contribution >= 4 is 55.4 Å². The van der Waals surface area contributed by atoms with Gasteiger partial charge in [0, 0.05) is 15.0 Å². The number of nitrogen functional groups attached to an aromatic ring is 1. The molecular weight excluding hydrogens is 342 g/mol. The smallest absolute Gasteiger partial charge is 0.0931 e. The van der Waals surface area contributed by atoms with E-state index in [0.717, 1.165) is 9.35 Å². The third-order valence-electron chi connectivity index (χ3n) is 2.12. The van der Waals surface area contributed by atoms with E-state index in [1.807, 2.05) is 18.2 Å². The highest BCUT2D eigenvalue weighted by molar-refractivity contribution is 9.10. The van der Waals surface area contributed by atoms with E-state index in [9.17, 15) is 4.21 Å². The van der Waals surface area contributed by atoms with Gasteiger partial charge >= 0.3 is 0 Å². The van der Waals surface area contributed by atoms with Gasteiger partial charge < -0.3 is 5.73 Å². The van der Waals surface area contributed by atoms with Gasteiger partial charge in [0.05, 0.1) is 25.8 Å². The molecule has 0 spiro atoms. The van der Waals surface area contributed by atoms with Crippen molar-refractivity contribution in [3.63, 3.8) is 0 Å². The summed E-state index contributed by atoms with van der Waals surface area (Å²) in [5, 5.41) is 0. The van der Waals surface area contributed by atoms with Crippen LogP contribution < -0.4 is 5.73 Å². The Kier molecular flexibility index (Phi) is 4.25. The first-order chi connectivity index (χ1) is 8.06. The molecule has 2 nitrogen and oxygen atoms in total. The molecule has 2 N–H and O–H groups in total. The zero-order valence-electron chi connectivity index (χ0n) is 8.65. The minimum Gasteiger partial charge on any atom is -0.398 e. The fourth-order valence-corrected chi connectivity index (χ4v) is 4.23. The fourth-order valence-electron chi connectivity index (χ4n) is 1.36. The van der Waals surface area contributed by atoms with Crippen LogP contribution in [0.1, 0.15) is 4.88 Å². The Morgan fingerprint density at radius 1 is 1.35 bits per heavy atom. The average Bonchev–Trinajstić information content (AvgIpc) is 2.63. The van der Waals surface area contributed by atoms with Crippen molar-refractivity contribution in [2.75, 3.05) is 5.73 Å². The van der Waals surface area contributed by atoms with Gasteiger partial charge in [-0.05, 0) is 30.3 Å². The third-order valence-corrected chi connectivity index (χ3v) is 5.46. The molecule has 1 aromatic heterocycles. The normalized spacial score (nSPS) is 12.6. The molecule has 17 heavy (non-hydrogen) atoms. The molecular formula is C11H9BrClNOS2. The van der Waals surface area contributed by atoms with Gasteiger partial charge in [-0.2, -0.15) is 0 Å². The summed E-state index contributed by atoms with van der Waals surface area (Å²) < 4.78 is 13.7. The minimum atomic E-state index is -1.13. The third kappa shape index (κ3) is 3.31. The van der Waals surface area contributed by atoms with Crippen LogP contribution in [0, 0.1) is 0 Å². The molecule has 1 aromatic carbocycles. The zero-order chi connectivity index (χ0) is 12.4. The molecule has 0 radical (unpaired) electrons. The van der Waals surface area contributed by atoms with Crippen LogP contribution in [-0.2, 0) is 16.6 Å². The van der Waals surface area contributed by atoms with E-state index in [0.29, 0.717) is 20.7 Å². The number of halogens is 2. The second-order valence-electron chi connectivity index (χ2n) is 3.38. The van der Waals surface area contributed by atoms with Gasteiger partial charge in [0.1, 0.15) is 0 Å². The lowest BCUT2D eigenvalue weighted by molar-refractivity contribution is 0.683. The number of rotatable bonds is 3. The summed E-state index contributed by atoms with van der Waals surface area (Å²) in [4.78, 5) is 1.66. The number of thiophene rings is 1. The average molecular weight is 351 g/mol. The molecule has 0 aliphatic heterocycles. The van der Waals surface area contributed by atoms with E-state index < -0.39 is 10.8 Å². The van der Waals surface area contributed by atoms with Crippen LogP contribution in [0.2, 0.25) is 4.34 Å². The molecule has 90 valence electrons. The van der Waals surface area contributed by atoms with Crippen LogP contribution in [0.5, 0.6) is 0 Å². The van der Waals surface area contributed by atoms with Crippen molar-refractivity contribution in [1.82, 2.24) is 0 Å². The van der Waals surface area contributed by atoms with Crippen LogP contribution in [0.25, 0.3) is 0 Å². The quantitative estimate of drug-likeness (QED) is 0.848. The first-order valence-corrected chi connectivity index (χ1v) is 8.04. The Labute approximate surface area is 119 Å². The summed E-state index contributed by atoms with van der Waals surface area (Å²) >= 11 is 10.6. The predicted octanol–water partition coefficient (Wildman–Crippen LogP) is 4.05. The highest BCUT2D eigenvalue weighted by Gasteiger charge is 2.10. The maximum absolute atomic E-state index is 12.1. The topological polar surface area (TPSA) is 43.1 Å². The van der Waals surface area contributed by atoms with E-state index >= 15 is 0 Å². The van der Waals surface area contributed by atoms with Crippen LogP contribution >= 0.6 is 38.9 Å². The Bertz CT molecular complexity index is 570. The molecule has 1 unspecified atom stereocenters. The van der Waals surface area contributed by atoms with Crippen LogP contribution in [0.15, 0.2) is 39.7 Å². The van der Waals surface area contributed by atoms with Crippen molar-refractivity contribution < 1.29 is 4.21 Å². The fraction of sp³-hybridized carbons (Fsp3) is 0.0909. The van der Waals surface area contributed by atoms with Crippen molar-refractivity contribution in [1.29, 1.82) is 0 Å². The summed E-state index contributed by atoms with van der Waals surface area (Å²) in [5.41, 5.74) is 6.38. The minimum absolute atomic E-state index is 0.448. The number of benzene rings is 1. The molecule has 2 aromatic rings. The molecule has 0 aliphatic rings. The highest BCUT2D eigenvalue weighted by atomic mass is 79.9. The second kappa shape index (κ2) is 5.52. The molecule has 6 heteroatoms. The Morgan fingerprint density at radius 2 is 2.12 bits per heavy atom. The Hall–Kier alpha value is -0.360. The highest BCUT2D eigenvalue weighted by Crippen LogP contribution is 2.27. The van der Waals surface area contributed by atoms with Crippen LogP contribution in [0.4, 0.5) is 5.69 Å². The molecule has 0 amide bonds. The summed E-state index contributed by atoms with van der Waals surface area (Å²) in [7, 11) is -1.13. The molecule has 0 saturated carbocycles. The summed E-state index contributed by atoms with van der Waals surface area (Å²) in [5.74, 6) is 0.448. The lowest BCUT2D eigenvalue weighted by Gasteiger charge is -2.05. The Balaban J connectivity index is 2.20. The summed E-state index contributed by atoms with van der Waals surface area (Å²) in [6, 6.07) is 9.08. The van der Waals surface area contributed by atoms with Crippen molar-refractivity contribution in [2.24, 2.45) is 0 Å². The van der Waals surface area contributed by atoms with Crippen molar-refractivity contribution in [2.45, 2.75) is 10.6 Å². The zero-order valence-corrected chi connectivity index (χ0v) is 12.6. The first kappa shape index (κ1) is 13.1. The lowest BCUT2D eigenvalue weighted by Crippen LogP contribution is -1.99. The van der Waals surface area contributed by atoms with Crippen molar-refractivity contribution in [3.8, 4) is 0 Å². The number of hydrogen-bond acceptors (Lipinski definition) is 3. The van der Waals surface area contributed by atoms with Gasteiger partial charge in [0.25, 0.3) is 0 Å². The maximum atomic E-state index is 12.1. The monoisotopic (exact) mass is 349 g/mol. The van der Waals surface area contributed by atoms with Crippen LogP contribution in [0.3, 0.4) is 0 Å². The van der Waals surface area contributed by atoms with E-state index in [-0.39, 0.29) is 0 Å². The van der Waals surface area contributed by atoms with Gasteiger partial charge in [0.15, 0.2) is 0 Å². The predicted molar refractivity (Wildman–Crippen MR) is 78.0 cm³/mol. The van der Waals surface area contributed by atoms with Gasteiger partial charge in [-0.3, -0.25) is 4.21 Å². The molecule has 0 bridgehead atoms. The lowest BCUT2D eigenvalue weighted by atomic mass is 10.3. The van der Waals surface area contributed by atoms with E-state index in [1.54, 1.807) is 12.1 Å². The van der Waals surface area contributed by atoms with Gasteiger partial charge in [-0.1, -0.05) is 27.5 Å². The molecule has 1 heterocycles. The summed E-state index contributed by atoms with van der Waals surface area (Å²) in [6.07, 6.45) is 0. The molecule has 0 aliphatic carbocycles. The molecule has 0 saturated heterocycles. The molecule has 0 fully saturated rings. The largest absolute Gasteiger partial charge is 0.398 e.